The van der Waals surface area contributed by atoms with E-state index in [0.29, 0.717) is 5.92 Å². The maximum Gasteiger partial charge on any atom is 0.0296 e. The van der Waals surface area contributed by atoms with Crippen LogP contribution in [0.25, 0.3) is 0 Å². The molecule has 0 bridgehead atoms. The minimum atomic E-state index is 0.480. The predicted octanol–water partition coefficient (Wildman–Crippen LogP) is 3.44. The fourth-order valence-electron chi connectivity index (χ4n) is 0.298. The van der Waals surface area contributed by atoms with Crippen LogP contribution < -0.4 is 0 Å². The molecule has 0 atom stereocenters. The maximum atomic E-state index is 3.83. The Morgan fingerprint density at radius 2 is 1.82 bits per heavy atom. The van der Waals surface area contributed by atoms with Crippen LogP contribution in [-0.2, 0) is 0 Å². The monoisotopic (exact) mass is 153 g/mol. The van der Waals surface area contributed by atoms with Crippen LogP contribution in [0.2, 0.25) is 0 Å². The Hall–Kier alpha value is -0.850. The van der Waals surface area contributed by atoms with Crippen LogP contribution in [0, 0.1) is 5.92 Å². The highest BCUT2D eigenvalue weighted by Crippen LogP contribution is 2.02. The lowest BCUT2D eigenvalue weighted by Crippen LogP contribution is -1.91. The van der Waals surface area contributed by atoms with Crippen molar-refractivity contribution in [2.75, 3.05) is 0 Å². The van der Waals surface area contributed by atoms with Crippen LogP contribution in [0.15, 0.2) is 29.9 Å². The average molecular weight is 153 g/mol. The molecular weight excluding hydrogens is 134 g/mol. The summed E-state index contributed by atoms with van der Waals surface area (Å²) in [5, 5.41) is 0. The van der Waals surface area contributed by atoms with Gasteiger partial charge in [0.05, 0.1) is 0 Å². The van der Waals surface area contributed by atoms with Crippen molar-refractivity contribution in [3.8, 4) is 0 Å². The van der Waals surface area contributed by atoms with Gasteiger partial charge in [0, 0.05) is 12.4 Å². The molecule has 0 aromatic rings. The van der Waals surface area contributed by atoms with Gasteiger partial charge in [0.1, 0.15) is 0 Å². The van der Waals surface area contributed by atoms with E-state index in [2.05, 4.69) is 32.0 Å². The van der Waals surface area contributed by atoms with Crippen LogP contribution in [0.4, 0.5) is 0 Å². The van der Waals surface area contributed by atoms with Crippen molar-refractivity contribution < 1.29 is 0 Å². The number of rotatable bonds is 3. The third-order valence-electron chi connectivity index (χ3n) is 1.09. The third kappa shape index (κ3) is 9.15. The van der Waals surface area contributed by atoms with E-state index < -0.39 is 0 Å². The molecule has 0 N–H and O–H groups in total. The number of hydrogen-bond acceptors (Lipinski definition) is 1. The molecule has 0 saturated heterocycles. The second-order valence-electron chi connectivity index (χ2n) is 2.19. The number of allylic oxidation sites excluding steroid dienone is 1. The Kier molecular flexibility index (Phi) is 10.6. The smallest absolute Gasteiger partial charge is 0.0296 e. The fraction of sp³-hybridized carbons (Fsp3) is 0.500. The molecule has 0 aliphatic rings. The zero-order valence-electron chi connectivity index (χ0n) is 8.09. The van der Waals surface area contributed by atoms with E-state index in [4.69, 9.17) is 0 Å². The molecule has 0 radical (unpaired) electrons. The molecule has 0 unspecified atom stereocenters. The molecule has 0 heterocycles. The molecule has 0 aromatic carbocycles. The van der Waals surface area contributed by atoms with Gasteiger partial charge in [0.25, 0.3) is 0 Å². The largest absolute Gasteiger partial charge is 0.265 e. The molecule has 0 aliphatic carbocycles. The van der Waals surface area contributed by atoms with Crippen LogP contribution in [-0.4, -0.2) is 6.21 Å². The topological polar surface area (TPSA) is 12.4 Å². The summed E-state index contributed by atoms with van der Waals surface area (Å²) in [4.78, 5) is 3.83. The molecule has 64 valence electrons. The Balaban J connectivity index is 0. The summed E-state index contributed by atoms with van der Waals surface area (Å²) in [6, 6.07) is 0. The van der Waals surface area contributed by atoms with Gasteiger partial charge in [-0.3, -0.25) is 4.99 Å². The van der Waals surface area contributed by atoms with Crippen LogP contribution in [0.3, 0.4) is 0 Å². The SMILES string of the molecule is C=CN=CC(=C)C(C)C.CC. The van der Waals surface area contributed by atoms with Crippen molar-refractivity contribution in [1.29, 1.82) is 0 Å². The standard InChI is InChI=1S/C8H13N.C2H6/c1-5-9-6-8(4)7(2)3;1-2/h5-7H,1,4H2,2-3H3;1-2H3. The molecule has 0 amide bonds. The Morgan fingerprint density at radius 1 is 1.36 bits per heavy atom. The molecule has 0 spiro atoms. The summed E-state index contributed by atoms with van der Waals surface area (Å²) in [6.07, 6.45) is 3.24. The van der Waals surface area contributed by atoms with E-state index in [0.717, 1.165) is 5.57 Å². The molecule has 1 nitrogen and oxygen atoms in total. The molecule has 0 rings (SSSR count). The van der Waals surface area contributed by atoms with Crippen LogP contribution in [0.5, 0.6) is 0 Å². The van der Waals surface area contributed by atoms with Crippen molar-refractivity contribution in [1.82, 2.24) is 0 Å². The van der Waals surface area contributed by atoms with Gasteiger partial charge in [0.15, 0.2) is 0 Å². The molecule has 0 saturated carbocycles. The van der Waals surface area contributed by atoms with E-state index >= 15 is 0 Å². The quantitative estimate of drug-likeness (QED) is 0.551. The minimum Gasteiger partial charge on any atom is -0.265 e. The van der Waals surface area contributed by atoms with Gasteiger partial charge in [-0.15, -0.1) is 0 Å². The Morgan fingerprint density at radius 3 is 2.09 bits per heavy atom. The number of aliphatic imine (C=N–C) groups is 1. The van der Waals surface area contributed by atoms with E-state index in [9.17, 15) is 0 Å². The Labute approximate surface area is 70.5 Å². The van der Waals surface area contributed by atoms with Gasteiger partial charge in [0.2, 0.25) is 0 Å². The first-order valence-electron chi connectivity index (χ1n) is 4.01. The van der Waals surface area contributed by atoms with E-state index in [-0.39, 0.29) is 0 Å². The lowest BCUT2D eigenvalue weighted by atomic mass is 10.1. The highest BCUT2D eigenvalue weighted by Gasteiger charge is 1.92. The maximum absolute atomic E-state index is 3.83. The van der Waals surface area contributed by atoms with Gasteiger partial charge in [-0.2, -0.15) is 0 Å². The van der Waals surface area contributed by atoms with E-state index in [1.165, 1.54) is 6.20 Å². The fourth-order valence-corrected chi connectivity index (χ4v) is 0.298. The van der Waals surface area contributed by atoms with Gasteiger partial charge in [-0.25, -0.2) is 0 Å². The number of nitrogens with zero attached hydrogens (tertiary/aromatic N) is 1. The van der Waals surface area contributed by atoms with Crippen molar-refractivity contribution in [2.24, 2.45) is 10.9 Å². The van der Waals surface area contributed by atoms with Gasteiger partial charge in [-0.05, 0) is 11.5 Å². The average Bonchev–Trinajstić information content (AvgIpc) is 2.03. The lowest BCUT2D eigenvalue weighted by Gasteiger charge is -1.99. The highest BCUT2D eigenvalue weighted by molar-refractivity contribution is 5.78. The van der Waals surface area contributed by atoms with Crippen molar-refractivity contribution in [3.05, 3.63) is 24.9 Å². The summed E-state index contributed by atoms with van der Waals surface area (Å²) in [7, 11) is 0. The normalized spacial score (nSPS) is 9.18. The van der Waals surface area contributed by atoms with Crippen molar-refractivity contribution in [2.45, 2.75) is 27.7 Å². The first-order valence-corrected chi connectivity index (χ1v) is 4.01. The van der Waals surface area contributed by atoms with Gasteiger partial charge in [-0.1, -0.05) is 40.9 Å². The third-order valence-corrected chi connectivity index (χ3v) is 1.09. The second kappa shape index (κ2) is 9.15. The Bertz CT molecular complexity index is 132. The molecule has 1 heteroatoms. The zero-order valence-corrected chi connectivity index (χ0v) is 8.09. The van der Waals surface area contributed by atoms with Crippen LogP contribution in [0.1, 0.15) is 27.7 Å². The first-order chi connectivity index (χ1) is 5.18. The molecule has 0 aliphatic heterocycles. The zero-order chi connectivity index (χ0) is 9.28. The first kappa shape index (κ1) is 12.8. The van der Waals surface area contributed by atoms with Gasteiger partial charge >= 0.3 is 0 Å². The lowest BCUT2D eigenvalue weighted by molar-refractivity contribution is 0.810. The van der Waals surface area contributed by atoms with Crippen LogP contribution >= 0.6 is 0 Å². The van der Waals surface area contributed by atoms with E-state index in [1.54, 1.807) is 6.21 Å². The van der Waals surface area contributed by atoms with E-state index in [1.807, 2.05) is 13.8 Å². The minimum absolute atomic E-state index is 0.480. The van der Waals surface area contributed by atoms with Crippen molar-refractivity contribution >= 4 is 6.21 Å². The summed E-state index contributed by atoms with van der Waals surface area (Å²) in [5.74, 6) is 0.480. The van der Waals surface area contributed by atoms with Gasteiger partial charge < -0.3 is 0 Å². The second-order valence-corrected chi connectivity index (χ2v) is 2.19. The molecule has 0 fully saturated rings. The summed E-state index contributed by atoms with van der Waals surface area (Å²) >= 11 is 0. The van der Waals surface area contributed by atoms with Crippen molar-refractivity contribution in [3.63, 3.8) is 0 Å². The predicted molar refractivity (Wildman–Crippen MR) is 54.0 cm³/mol. The number of hydrogen-bond donors (Lipinski definition) is 0. The molecule has 0 aromatic heterocycles. The summed E-state index contributed by atoms with van der Waals surface area (Å²) in [6.45, 7) is 15.4. The highest BCUT2D eigenvalue weighted by atomic mass is 14.7. The molecular formula is C10H19N. The summed E-state index contributed by atoms with van der Waals surface area (Å²) in [5.41, 5.74) is 1.04. The summed E-state index contributed by atoms with van der Waals surface area (Å²) < 4.78 is 0. The molecule has 11 heavy (non-hydrogen) atoms.